The lowest BCUT2D eigenvalue weighted by atomic mass is 10.2. The van der Waals surface area contributed by atoms with Gasteiger partial charge in [-0.25, -0.2) is 4.79 Å². The van der Waals surface area contributed by atoms with Gasteiger partial charge in [-0.05, 0) is 78.0 Å². The molecule has 0 fully saturated rings. The van der Waals surface area contributed by atoms with E-state index >= 15 is 0 Å². The minimum Gasteiger partial charge on any atom is -0.444 e. The molecule has 1 amide bonds. The number of thiophene rings is 1. The van der Waals surface area contributed by atoms with Gasteiger partial charge in [-0.15, -0.1) is 11.3 Å². The number of nitrogens with two attached hydrogens (primary N) is 1. The summed E-state index contributed by atoms with van der Waals surface area (Å²) in [5, 5.41) is 2.80. The van der Waals surface area contributed by atoms with E-state index in [0.29, 0.717) is 6.54 Å². The Labute approximate surface area is 138 Å². The first-order valence-corrected chi connectivity index (χ1v) is 8.97. The highest BCUT2D eigenvalue weighted by Gasteiger charge is 2.15. The molecule has 0 saturated heterocycles. The fourth-order valence-electron chi connectivity index (χ4n) is 2.06. The van der Waals surface area contributed by atoms with E-state index in [1.807, 2.05) is 32.1 Å². The Morgan fingerprint density at radius 3 is 2.27 bits per heavy atom. The normalized spacial score (nSPS) is 11.5. The van der Waals surface area contributed by atoms with Crippen molar-refractivity contribution < 1.29 is 9.53 Å². The summed E-state index contributed by atoms with van der Waals surface area (Å²) in [5.41, 5.74) is 5.08. The van der Waals surface area contributed by atoms with Gasteiger partial charge in [0.2, 0.25) is 0 Å². The Hall–Kier alpha value is -1.07. The maximum atomic E-state index is 11.5. The summed E-state index contributed by atoms with van der Waals surface area (Å²) in [5.74, 6) is 0. The minimum atomic E-state index is -0.429. The van der Waals surface area contributed by atoms with E-state index in [9.17, 15) is 4.79 Å². The Morgan fingerprint density at radius 1 is 1.14 bits per heavy atom. The van der Waals surface area contributed by atoms with Crippen LogP contribution in [0.5, 0.6) is 0 Å². The van der Waals surface area contributed by atoms with Crippen molar-refractivity contribution in [2.24, 2.45) is 5.73 Å². The zero-order valence-corrected chi connectivity index (χ0v) is 14.9. The van der Waals surface area contributed by atoms with Gasteiger partial charge in [-0.2, -0.15) is 0 Å². The van der Waals surface area contributed by atoms with Gasteiger partial charge in [0.15, 0.2) is 0 Å². The lowest BCUT2D eigenvalue weighted by Gasteiger charge is -2.19. The Bertz CT molecular complexity index is 438. The van der Waals surface area contributed by atoms with Gasteiger partial charge in [-0.1, -0.05) is 0 Å². The summed E-state index contributed by atoms with van der Waals surface area (Å²) in [6, 6.07) is 4.46. The molecule has 0 aliphatic carbocycles. The Morgan fingerprint density at radius 2 is 1.73 bits per heavy atom. The number of rotatable bonds is 9. The van der Waals surface area contributed by atoms with Crippen LogP contribution in [0.3, 0.4) is 0 Å². The second-order valence-electron chi connectivity index (χ2n) is 6.50. The van der Waals surface area contributed by atoms with Gasteiger partial charge in [0.05, 0.1) is 0 Å². The third-order valence-electron chi connectivity index (χ3n) is 3.11. The predicted octanol–water partition coefficient (Wildman–Crippen LogP) is 3.88. The third kappa shape index (κ3) is 9.05. The van der Waals surface area contributed by atoms with E-state index in [0.717, 1.165) is 38.6 Å². The molecule has 4 nitrogen and oxygen atoms in total. The summed E-state index contributed by atoms with van der Waals surface area (Å²) in [4.78, 5) is 14.4. The van der Waals surface area contributed by atoms with Gasteiger partial charge in [0.1, 0.15) is 5.60 Å². The number of amides is 1. The van der Waals surface area contributed by atoms with Crippen LogP contribution in [0.2, 0.25) is 0 Å². The predicted molar refractivity (Wildman–Crippen MR) is 93.5 cm³/mol. The highest BCUT2D eigenvalue weighted by Crippen LogP contribution is 2.20. The zero-order valence-electron chi connectivity index (χ0n) is 14.1. The smallest absolute Gasteiger partial charge is 0.407 e. The van der Waals surface area contributed by atoms with Crippen LogP contribution in [-0.4, -0.2) is 24.8 Å². The second-order valence-corrected chi connectivity index (χ2v) is 7.75. The van der Waals surface area contributed by atoms with Crippen LogP contribution >= 0.6 is 11.3 Å². The Kier molecular flexibility index (Phi) is 8.49. The largest absolute Gasteiger partial charge is 0.444 e. The average molecular weight is 327 g/mol. The van der Waals surface area contributed by atoms with Crippen molar-refractivity contribution in [2.75, 3.05) is 13.1 Å². The Balaban J connectivity index is 2.11. The van der Waals surface area contributed by atoms with Crippen LogP contribution in [0.25, 0.3) is 0 Å². The van der Waals surface area contributed by atoms with Crippen molar-refractivity contribution in [3.63, 3.8) is 0 Å². The van der Waals surface area contributed by atoms with Crippen LogP contribution in [0.4, 0.5) is 4.79 Å². The SMILES string of the molecule is CC(C)(C)OC(=O)NCCCCc1ccc(CCCCN)s1. The topological polar surface area (TPSA) is 64.3 Å². The van der Waals surface area contributed by atoms with E-state index in [1.54, 1.807) is 0 Å². The van der Waals surface area contributed by atoms with E-state index in [1.165, 1.54) is 16.2 Å². The second kappa shape index (κ2) is 9.85. The number of nitrogens with one attached hydrogen (secondary N) is 1. The third-order valence-corrected chi connectivity index (χ3v) is 4.32. The number of aryl methyl sites for hydroxylation is 2. The first kappa shape index (κ1) is 19.0. The molecule has 0 aliphatic heterocycles. The fourth-order valence-corrected chi connectivity index (χ4v) is 3.17. The van der Waals surface area contributed by atoms with E-state index < -0.39 is 5.60 Å². The number of carbonyl (C=O) groups excluding carboxylic acids is 1. The van der Waals surface area contributed by atoms with Crippen LogP contribution in [0.1, 0.15) is 56.2 Å². The number of ether oxygens (including phenoxy) is 1. The zero-order chi connectivity index (χ0) is 16.4. The molecule has 0 aromatic carbocycles. The van der Waals surface area contributed by atoms with E-state index in [4.69, 9.17) is 10.5 Å². The number of carbonyl (C=O) groups is 1. The van der Waals surface area contributed by atoms with E-state index in [2.05, 4.69) is 17.4 Å². The minimum absolute atomic E-state index is 0.328. The van der Waals surface area contributed by atoms with Gasteiger partial charge < -0.3 is 15.8 Å². The summed E-state index contributed by atoms with van der Waals surface area (Å²) >= 11 is 1.90. The lowest BCUT2D eigenvalue weighted by Crippen LogP contribution is -2.33. The van der Waals surface area contributed by atoms with Crippen LogP contribution in [-0.2, 0) is 17.6 Å². The molecule has 0 unspecified atom stereocenters. The van der Waals surface area contributed by atoms with Crippen molar-refractivity contribution >= 4 is 17.4 Å². The molecule has 1 rings (SSSR count). The molecule has 0 atom stereocenters. The monoisotopic (exact) mass is 326 g/mol. The quantitative estimate of drug-likeness (QED) is 0.677. The van der Waals surface area contributed by atoms with Crippen LogP contribution in [0.15, 0.2) is 12.1 Å². The van der Waals surface area contributed by atoms with Gasteiger partial charge in [-0.3, -0.25) is 0 Å². The summed E-state index contributed by atoms with van der Waals surface area (Å²) in [6.07, 6.45) is 6.23. The molecule has 3 N–H and O–H groups in total. The van der Waals surface area contributed by atoms with Crippen molar-refractivity contribution in [3.8, 4) is 0 Å². The maximum Gasteiger partial charge on any atom is 0.407 e. The van der Waals surface area contributed by atoms with E-state index in [-0.39, 0.29) is 6.09 Å². The molecule has 0 aliphatic rings. The average Bonchev–Trinajstić information content (AvgIpc) is 2.84. The van der Waals surface area contributed by atoms with Crippen molar-refractivity contribution in [2.45, 2.75) is 64.9 Å². The lowest BCUT2D eigenvalue weighted by molar-refractivity contribution is 0.0527. The first-order valence-electron chi connectivity index (χ1n) is 8.15. The number of hydrogen-bond donors (Lipinski definition) is 2. The molecule has 5 heteroatoms. The first-order chi connectivity index (χ1) is 10.4. The molecule has 0 spiro atoms. The molecular formula is C17H30N2O2S. The van der Waals surface area contributed by atoms with Crippen molar-refractivity contribution in [3.05, 3.63) is 21.9 Å². The maximum absolute atomic E-state index is 11.5. The van der Waals surface area contributed by atoms with Gasteiger partial charge in [0, 0.05) is 16.3 Å². The fraction of sp³-hybridized carbons (Fsp3) is 0.706. The molecular weight excluding hydrogens is 296 g/mol. The molecule has 0 bridgehead atoms. The molecule has 0 radical (unpaired) electrons. The molecule has 1 heterocycles. The standard InChI is InChI=1S/C17H30N2O2S/c1-17(2,3)21-16(20)19-13-7-5-9-15-11-10-14(22-15)8-4-6-12-18/h10-11H,4-9,12-13,18H2,1-3H3,(H,19,20). The summed E-state index contributed by atoms with van der Waals surface area (Å²) in [6.45, 7) is 7.06. The molecule has 22 heavy (non-hydrogen) atoms. The van der Waals surface area contributed by atoms with Gasteiger partial charge >= 0.3 is 6.09 Å². The summed E-state index contributed by atoms with van der Waals surface area (Å²) < 4.78 is 5.20. The van der Waals surface area contributed by atoms with Crippen LogP contribution in [0, 0.1) is 0 Å². The summed E-state index contributed by atoms with van der Waals surface area (Å²) in [7, 11) is 0. The number of alkyl carbamates (subject to hydrolysis) is 1. The highest BCUT2D eigenvalue weighted by atomic mass is 32.1. The van der Waals surface area contributed by atoms with Crippen molar-refractivity contribution in [1.29, 1.82) is 0 Å². The highest BCUT2D eigenvalue weighted by molar-refractivity contribution is 7.11. The molecule has 0 saturated carbocycles. The number of unbranched alkanes of at least 4 members (excludes halogenated alkanes) is 2. The molecule has 126 valence electrons. The number of hydrogen-bond acceptors (Lipinski definition) is 4. The van der Waals surface area contributed by atoms with Gasteiger partial charge in [0.25, 0.3) is 0 Å². The molecule has 1 aromatic rings. The van der Waals surface area contributed by atoms with Crippen molar-refractivity contribution in [1.82, 2.24) is 5.32 Å². The van der Waals surface area contributed by atoms with Crippen LogP contribution < -0.4 is 11.1 Å². The molecule has 1 aromatic heterocycles.